The van der Waals surface area contributed by atoms with Gasteiger partial charge >= 0.3 is 5.97 Å². The lowest BCUT2D eigenvalue weighted by Gasteiger charge is -2.19. The van der Waals surface area contributed by atoms with Gasteiger partial charge in [0.15, 0.2) is 18.0 Å². The van der Waals surface area contributed by atoms with Gasteiger partial charge in [-0.2, -0.15) is 0 Å². The maximum atomic E-state index is 12.4. The topological polar surface area (TPSA) is 81.3 Å². The van der Waals surface area contributed by atoms with Gasteiger partial charge in [-0.15, -0.1) is 0 Å². The Kier molecular flexibility index (Phi) is 5.31. The molecule has 3 rings (SSSR count). The first-order valence-electron chi connectivity index (χ1n) is 8.49. The number of nitrogens with zero attached hydrogens (tertiary/aromatic N) is 1. The van der Waals surface area contributed by atoms with E-state index >= 15 is 0 Å². The van der Waals surface area contributed by atoms with E-state index in [0.717, 1.165) is 0 Å². The van der Waals surface area contributed by atoms with Crippen LogP contribution in [0.15, 0.2) is 59.4 Å². The van der Waals surface area contributed by atoms with Gasteiger partial charge in [0.2, 0.25) is 0 Å². The fraction of sp³-hybridized carbons (Fsp3) is 0.250. The first kappa shape index (κ1) is 17.7. The molecule has 1 N–H and O–H groups in total. The highest BCUT2D eigenvalue weighted by Gasteiger charge is 2.24. The zero-order valence-corrected chi connectivity index (χ0v) is 14.6. The Morgan fingerprint density at radius 1 is 1.12 bits per heavy atom. The summed E-state index contributed by atoms with van der Waals surface area (Å²) in [6.07, 6.45) is -0.970. The molecular weight excluding hydrogens is 332 g/mol. The van der Waals surface area contributed by atoms with Crippen molar-refractivity contribution in [2.45, 2.75) is 32.5 Å². The van der Waals surface area contributed by atoms with Gasteiger partial charge in [-0.3, -0.25) is 4.79 Å². The number of fused-ring (bicyclic) bond motifs is 1. The number of H-pyrrole nitrogens is 1. The molecular formula is C20H20N2O4. The van der Waals surface area contributed by atoms with Gasteiger partial charge in [0.25, 0.3) is 5.56 Å². The van der Waals surface area contributed by atoms with Crippen LogP contribution in [0.25, 0.3) is 10.9 Å². The number of aromatic amines is 1. The molecule has 0 aliphatic heterocycles. The van der Waals surface area contributed by atoms with Gasteiger partial charge in [-0.25, -0.2) is 9.78 Å². The zero-order valence-electron chi connectivity index (χ0n) is 14.6. The molecule has 0 aliphatic carbocycles. The van der Waals surface area contributed by atoms with Crippen LogP contribution >= 0.6 is 0 Å². The second-order valence-corrected chi connectivity index (χ2v) is 5.88. The van der Waals surface area contributed by atoms with Crippen LogP contribution in [-0.2, 0) is 9.53 Å². The fourth-order valence-corrected chi connectivity index (χ4v) is 2.56. The predicted molar refractivity (Wildman–Crippen MR) is 98.0 cm³/mol. The number of rotatable bonds is 6. The number of nitrogens with one attached hydrogen (secondary N) is 1. The van der Waals surface area contributed by atoms with Gasteiger partial charge in [0.1, 0.15) is 5.75 Å². The minimum Gasteiger partial charge on any atom is -0.479 e. The Morgan fingerprint density at radius 2 is 1.81 bits per heavy atom. The highest BCUT2D eigenvalue weighted by molar-refractivity contribution is 5.77. The molecule has 1 aromatic heterocycles. The van der Waals surface area contributed by atoms with Gasteiger partial charge in [0, 0.05) is 0 Å². The largest absolute Gasteiger partial charge is 0.479 e. The molecule has 2 aromatic carbocycles. The van der Waals surface area contributed by atoms with Crippen LogP contribution in [0.1, 0.15) is 32.2 Å². The lowest BCUT2D eigenvalue weighted by molar-refractivity contribution is -0.157. The van der Waals surface area contributed by atoms with E-state index in [9.17, 15) is 9.59 Å². The van der Waals surface area contributed by atoms with Crippen molar-refractivity contribution in [2.75, 3.05) is 0 Å². The molecule has 0 saturated heterocycles. The Hall–Kier alpha value is -3.15. The van der Waals surface area contributed by atoms with Crippen LogP contribution < -0.4 is 10.3 Å². The van der Waals surface area contributed by atoms with Crippen LogP contribution in [0.3, 0.4) is 0 Å². The lowest BCUT2D eigenvalue weighted by atomic mass is 10.2. The number of carbonyl (C=O) groups is 1. The summed E-state index contributed by atoms with van der Waals surface area (Å²) >= 11 is 0. The zero-order chi connectivity index (χ0) is 18.5. The smallest absolute Gasteiger partial charge is 0.348 e. The summed E-state index contributed by atoms with van der Waals surface area (Å²) in [6, 6.07) is 16.1. The molecule has 1 heterocycles. The third-order valence-electron chi connectivity index (χ3n) is 3.96. The van der Waals surface area contributed by atoms with Gasteiger partial charge in [-0.05, 0) is 37.6 Å². The number of para-hydroxylation sites is 2. The van der Waals surface area contributed by atoms with Crippen LogP contribution in [0.5, 0.6) is 5.75 Å². The maximum absolute atomic E-state index is 12.4. The number of hydrogen-bond acceptors (Lipinski definition) is 5. The highest BCUT2D eigenvalue weighted by atomic mass is 16.6. The van der Waals surface area contributed by atoms with E-state index in [1.165, 1.54) is 0 Å². The number of aromatic nitrogens is 2. The van der Waals surface area contributed by atoms with Crippen molar-refractivity contribution in [3.05, 3.63) is 70.8 Å². The molecule has 0 saturated carbocycles. The van der Waals surface area contributed by atoms with Gasteiger partial charge in [0.05, 0.1) is 10.9 Å². The molecule has 6 heteroatoms. The van der Waals surface area contributed by atoms with E-state index < -0.39 is 18.2 Å². The average molecular weight is 352 g/mol. The SMILES string of the molecule is CC[C@@H](Oc1ccccc1)C(=O)O[C@@H](C)c1nc2ccccc2c(=O)[nH]1. The monoisotopic (exact) mass is 352 g/mol. The molecule has 3 aromatic rings. The Bertz CT molecular complexity index is 953. The summed E-state index contributed by atoms with van der Waals surface area (Å²) in [5.74, 6) is 0.400. The Labute approximate surface area is 150 Å². The molecule has 26 heavy (non-hydrogen) atoms. The number of esters is 1. The van der Waals surface area contributed by atoms with Crippen molar-refractivity contribution >= 4 is 16.9 Å². The van der Waals surface area contributed by atoms with Crippen molar-refractivity contribution in [3.63, 3.8) is 0 Å². The lowest BCUT2D eigenvalue weighted by Crippen LogP contribution is -2.30. The molecule has 0 unspecified atom stereocenters. The predicted octanol–water partition coefficient (Wildman–Crippen LogP) is 3.38. The summed E-state index contributed by atoms with van der Waals surface area (Å²) in [5, 5.41) is 0.494. The molecule has 0 bridgehead atoms. The fourth-order valence-electron chi connectivity index (χ4n) is 2.56. The van der Waals surface area contributed by atoms with Crippen LogP contribution in [-0.4, -0.2) is 22.0 Å². The highest BCUT2D eigenvalue weighted by Crippen LogP contribution is 2.18. The normalized spacial score (nSPS) is 13.2. The van der Waals surface area contributed by atoms with Crippen LogP contribution in [0.4, 0.5) is 0 Å². The number of carbonyl (C=O) groups excluding carboxylic acids is 1. The summed E-state index contributed by atoms with van der Waals surface area (Å²) < 4.78 is 11.2. The maximum Gasteiger partial charge on any atom is 0.348 e. The first-order valence-corrected chi connectivity index (χ1v) is 8.49. The molecule has 2 atom stereocenters. The summed E-state index contributed by atoms with van der Waals surface area (Å²) in [4.78, 5) is 31.7. The van der Waals surface area contributed by atoms with Crippen molar-refractivity contribution in [1.29, 1.82) is 0 Å². The van der Waals surface area contributed by atoms with E-state index in [1.807, 2.05) is 25.1 Å². The van der Waals surface area contributed by atoms with Crippen molar-refractivity contribution in [3.8, 4) is 5.75 Å². The summed E-state index contributed by atoms with van der Waals surface area (Å²) in [6.45, 7) is 3.51. The van der Waals surface area contributed by atoms with E-state index in [4.69, 9.17) is 9.47 Å². The van der Waals surface area contributed by atoms with Gasteiger partial charge < -0.3 is 14.5 Å². The third-order valence-corrected chi connectivity index (χ3v) is 3.96. The number of benzene rings is 2. The van der Waals surface area contributed by atoms with E-state index in [-0.39, 0.29) is 5.56 Å². The van der Waals surface area contributed by atoms with Crippen LogP contribution in [0.2, 0.25) is 0 Å². The first-order chi connectivity index (χ1) is 12.6. The van der Waals surface area contributed by atoms with Crippen molar-refractivity contribution in [2.24, 2.45) is 0 Å². The second-order valence-electron chi connectivity index (χ2n) is 5.88. The molecule has 0 fully saturated rings. The van der Waals surface area contributed by atoms with Crippen LogP contribution in [0, 0.1) is 0 Å². The molecule has 0 spiro atoms. The number of hydrogen-bond donors (Lipinski definition) is 1. The average Bonchev–Trinajstić information content (AvgIpc) is 2.66. The quantitative estimate of drug-likeness (QED) is 0.688. The number of ether oxygens (including phenoxy) is 2. The van der Waals surface area contributed by atoms with Crippen molar-refractivity contribution in [1.82, 2.24) is 9.97 Å². The molecule has 134 valence electrons. The minimum atomic E-state index is -0.730. The summed E-state index contributed by atoms with van der Waals surface area (Å²) in [7, 11) is 0. The molecule has 6 nitrogen and oxygen atoms in total. The molecule has 0 radical (unpaired) electrons. The second kappa shape index (κ2) is 7.82. The Balaban J connectivity index is 1.75. The molecule has 0 amide bonds. The summed E-state index contributed by atoms with van der Waals surface area (Å²) in [5.41, 5.74) is 0.294. The van der Waals surface area contributed by atoms with E-state index in [2.05, 4.69) is 9.97 Å². The van der Waals surface area contributed by atoms with Gasteiger partial charge in [-0.1, -0.05) is 37.3 Å². The standard InChI is InChI=1S/C20H20N2O4/c1-3-17(26-14-9-5-4-6-10-14)20(24)25-13(2)18-21-16-12-8-7-11-15(16)19(23)22-18/h4-13,17H,3H2,1-2H3,(H,21,22,23)/t13-,17+/m0/s1. The third kappa shape index (κ3) is 3.91. The van der Waals surface area contributed by atoms with Crippen molar-refractivity contribution < 1.29 is 14.3 Å². The Morgan fingerprint density at radius 3 is 2.54 bits per heavy atom. The minimum absolute atomic E-state index is 0.263. The van der Waals surface area contributed by atoms with E-state index in [1.54, 1.807) is 43.3 Å². The van der Waals surface area contributed by atoms with E-state index in [0.29, 0.717) is 28.9 Å². The molecule has 0 aliphatic rings.